The highest BCUT2D eigenvalue weighted by molar-refractivity contribution is 7.52. The van der Waals surface area contributed by atoms with Crippen molar-refractivity contribution in [3.8, 4) is 0 Å². The summed E-state index contributed by atoms with van der Waals surface area (Å²) >= 11 is 0. The standard InChI is InChI=1S/2C6H15O3P/c2*1-4-5-9-10(7,8)6(2)3/h2*6H,4-5H2,1-3H3,(H,7,8)/p-2. The Kier molecular flexibility index (Phi) is 12.4. The summed E-state index contributed by atoms with van der Waals surface area (Å²) in [7, 11) is -7.06. The lowest BCUT2D eigenvalue weighted by atomic mass is 10.5. The molecule has 6 nitrogen and oxygen atoms in total. The minimum atomic E-state index is -3.53. The van der Waals surface area contributed by atoms with Gasteiger partial charge in [-0.2, -0.15) is 0 Å². The van der Waals surface area contributed by atoms with E-state index in [1.165, 1.54) is 0 Å². The zero-order valence-corrected chi connectivity index (χ0v) is 15.1. The van der Waals surface area contributed by atoms with Gasteiger partial charge in [0.15, 0.2) is 0 Å². The maximum atomic E-state index is 10.9. The van der Waals surface area contributed by atoms with Crippen LogP contribution in [0.1, 0.15) is 54.4 Å². The fourth-order valence-electron chi connectivity index (χ4n) is 0.735. The van der Waals surface area contributed by atoms with Gasteiger partial charge in [-0.1, -0.05) is 41.5 Å². The van der Waals surface area contributed by atoms with Crippen molar-refractivity contribution >= 4 is 15.2 Å². The molecule has 0 bridgehead atoms. The molecule has 0 saturated carbocycles. The van der Waals surface area contributed by atoms with Crippen LogP contribution in [0.4, 0.5) is 0 Å². The fourth-order valence-corrected chi connectivity index (χ4v) is 2.21. The number of hydrogen-bond donors (Lipinski definition) is 0. The third-order valence-corrected chi connectivity index (χ3v) is 5.83. The van der Waals surface area contributed by atoms with Crippen molar-refractivity contribution in [2.24, 2.45) is 0 Å². The molecule has 0 spiro atoms. The van der Waals surface area contributed by atoms with E-state index in [0.717, 1.165) is 12.8 Å². The molecule has 0 aliphatic heterocycles. The molecule has 0 saturated heterocycles. The first-order valence-electron chi connectivity index (χ1n) is 6.91. The van der Waals surface area contributed by atoms with Crippen LogP contribution in [0.25, 0.3) is 0 Å². The molecular weight excluding hydrogens is 302 g/mol. The Bertz CT molecular complexity index is 298. The van der Waals surface area contributed by atoms with Crippen LogP contribution in [-0.2, 0) is 18.2 Å². The zero-order valence-electron chi connectivity index (χ0n) is 13.3. The van der Waals surface area contributed by atoms with E-state index in [-0.39, 0.29) is 0 Å². The lowest BCUT2D eigenvalue weighted by molar-refractivity contribution is -0.201. The van der Waals surface area contributed by atoms with Gasteiger partial charge >= 0.3 is 0 Å². The van der Waals surface area contributed by atoms with Crippen LogP contribution in [0.2, 0.25) is 0 Å². The normalized spacial score (nSPS) is 17.3. The second kappa shape index (κ2) is 10.9. The third-order valence-electron chi connectivity index (χ3n) is 2.22. The van der Waals surface area contributed by atoms with Gasteiger partial charge in [-0.3, -0.25) is 0 Å². The average Bonchev–Trinajstić information content (AvgIpc) is 2.34. The molecule has 2 atom stereocenters. The highest BCUT2D eigenvalue weighted by Gasteiger charge is 2.12. The molecule has 0 aromatic carbocycles. The van der Waals surface area contributed by atoms with Gasteiger partial charge in [0.2, 0.25) is 0 Å². The van der Waals surface area contributed by atoms with E-state index in [1.807, 2.05) is 13.8 Å². The summed E-state index contributed by atoms with van der Waals surface area (Å²) in [6.45, 7) is 10.8. The highest BCUT2D eigenvalue weighted by Crippen LogP contribution is 2.42. The largest absolute Gasteiger partial charge is 0.778 e. The lowest BCUT2D eigenvalue weighted by Crippen LogP contribution is -2.13. The molecule has 0 amide bonds. The Balaban J connectivity index is 0. The first-order chi connectivity index (χ1) is 9.01. The first-order valence-corrected chi connectivity index (χ1v) is 10.1. The van der Waals surface area contributed by atoms with E-state index in [2.05, 4.69) is 9.05 Å². The lowest BCUT2D eigenvalue weighted by Gasteiger charge is -2.26. The maximum Gasteiger partial charge on any atom is 0.137 e. The maximum absolute atomic E-state index is 10.9. The van der Waals surface area contributed by atoms with Crippen molar-refractivity contribution in [3.63, 3.8) is 0 Å². The van der Waals surface area contributed by atoms with Crippen LogP contribution >= 0.6 is 15.2 Å². The van der Waals surface area contributed by atoms with E-state index in [0.29, 0.717) is 13.2 Å². The van der Waals surface area contributed by atoms with E-state index in [1.54, 1.807) is 27.7 Å². The smallest absolute Gasteiger partial charge is 0.137 e. The summed E-state index contributed by atoms with van der Waals surface area (Å²) in [6.07, 6.45) is 1.47. The molecule has 124 valence electrons. The number of rotatable bonds is 8. The van der Waals surface area contributed by atoms with Gasteiger partial charge in [0.1, 0.15) is 15.2 Å². The van der Waals surface area contributed by atoms with E-state index in [9.17, 15) is 18.9 Å². The second-order valence-electron chi connectivity index (χ2n) is 4.93. The van der Waals surface area contributed by atoms with E-state index >= 15 is 0 Å². The quantitative estimate of drug-likeness (QED) is 0.635. The van der Waals surface area contributed by atoms with Gasteiger partial charge in [-0.25, -0.2) is 0 Å². The molecule has 0 N–H and O–H groups in total. The predicted molar refractivity (Wildman–Crippen MR) is 78.0 cm³/mol. The summed E-state index contributed by atoms with van der Waals surface area (Å²) < 4.78 is 31.1. The molecule has 0 heterocycles. The van der Waals surface area contributed by atoms with E-state index < -0.39 is 26.5 Å². The predicted octanol–water partition coefficient (Wildman–Crippen LogP) is 2.75. The molecule has 0 aromatic heterocycles. The van der Waals surface area contributed by atoms with E-state index in [4.69, 9.17) is 0 Å². The van der Waals surface area contributed by atoms with Crippen LogP contribution < -0.4 is 9.79 Å². The molecule has 0 rings (SSSR count). The zero-order chi connectivity index (χ0) is 16.4. The van der Waals surface area contributed by atoms with Crippen molar-refractivity contribution in [1.29, 1.82) is 0 Å². The number of hydrogen-bond acceptors (Lipinski definition) is 6. The molecule has 0 aliphatic carbocycles. The van der Waals surface area contributed by atoms with Crippen molar-refractivity contribution in [1.82, 2.24) is 0 Å². The summed E-state index contributed by atoms with van der Waals surface area (Å²) in [5, 5.41) is 0. The first kappa shape index (κ1) is 22.6. The minimum Gasteiger partial charge on any atom is -0.778 e. The molecule has 0 aliphatic rings. The Morgan fingerprint density at radius 1 is 0.800 bits per heavy atom. The molecule has 0 radical (unpaired) electrons. The van der Waals surface area contributed by atoms with Gasteiger partial charge in [0.05, 0.1) is 13.2 Å². The van der Waals surface area contributed by atoms with Gasteiger partial charge in [0.25, 0.3) is 0 Å². The van der Waals surface area contributed by atoms with Gasteiger partial charge in [-0.05, 0) is 12.8 Å². The Labute approximate surface area is 123 Å². The molecule has 2 unspecified atom stereocenters. The highest BCUT2D eigenvalue weighted by atomic mass is 31.2. The monoisotopic (exact) mass is 330 g/mol. The second-order valence-corrected chi connectivity index (χ2v) is 9.67. The van der Waals surface area contributed by atoms with Crippen LogP contribution in [0.15, 0.2) is 0 Å². The topological polar surface area (TPSA) is 98.7 Å². The third kappa shape index (κ3) is 11.0. The Morgan fingerprint density at radius 3 is 1.20 bits per heavy atom. The summed E-state index contributed by atoms with van der Waals surface area (Å²) in [5.41, 5.74) is -0.807. The van der Waals surface area contributed by atoms with Gasteiger partial charge in [-0.15, -0.1) is 0 Å². The van der Waals surface area contributed by atoms with Crippen molar-refractivity contribution < 1.29 is 28.0 Å². The van der Waals surface area contributed by atoms with Crippen LogP contribution in [-0.4, -0.2) is 24.5 Å². The van der Waals surface area contributed by atoms with Crippen molar-refractivity contribution in [2.75, 3.05) is 13.2 Å². The summed E-state index contributed by atoms with van der Waals surface area (Å²) in [6, 6.07) is 0. The SMILES string of the molecule is CCCOP(=O)([O-])C(C)C.CCCOP(=O)([O-])C(C)C. The summed E-state index contributed by atoms with van der Waals surface area (Å²) in [4.78, 5) is 21.8. The van der Waals surface area contributed by atoms with Gasteiger partial charge < -0.3 is 28.0 Å². The molecule has 8 heteroatoms. The van der Waals surface area contributed by atoms with Crippen molar-refractivity contribution in [3.05, 3.63) is 0 Å². The Hall–Kier alpha value is 0.300. The Morgan fingerprint density at radius 2 is 1.05 bits per heavy atom. The van der Waals surface area contributed by atoms with Crippen LogP contribution in [0.5, 0.6) is 0 Å². The van der Waals surface area contributed by atoms with Crippen molar-refractivity contribution in [2.45, 2.75) is 65.7 Å². The van der Waals surface area contributed by atoms with Crippen LogP contribution in [0, 0.1) is 0 Å². The van der Waals surface area contributed by atoms with Gasteiger partial charge in [0, 0.05) is 11.3 Å². The molecular formula is C12H28O6P2-2. The molecule has 20 heavy (non-hydrogen) atoms. The summed E-state index contributed by atoms with van der Waals surface area (Å²) in [5.74, 6) is 0. The molecule has 0 aromatic rings. The minimum absolute atomic E-state index is 0.305. The average molecular weight is 330 g/mol. The molecule has 0 fully saturated rings. The fraction of sp³-hybridized carbons (Fsp3) is 1.00. The van der Waals surface area contributed by atoms with Crippen LogP contribution in [0.3, 0.4) is 0 Å².